The van der Waals surface area contributed by atoms with E-state index in [0.717, 1.165) is 0 Å². The van der Waals surface area contributed by atoms with Crippen LogP contribution < -0.4 is 4.90 Å². The maximum Gasteiger partial charge on any atom is 0.237 e. The highest BCUT2D eigenvalue weighted by Crippen LogP contribution is 2.30. The molecule has 1 aliphatic rings. The molecule has 1 saturated heterocycles. The molecular weight excluding hydrogens is 369 g/mol. The molecule has 0 N–H and O–H groups in total. The van der Waals surface area contributed by atoms with E-state index >= 15 is 0 Å². The highest BCUT2D eigenvalue weighted by atomic mass is 79.9. The third-order valence-corrected chi connectivity index (χ3v) is 5.08. The fraction of sp³-hybridized carbons (Fsp3) is 0.375. The quantitative estimate of drug-likeness (QED) is 0.734. The molecule has 1 aromatic rings. The number of carbonyl (C=O) groups excluding carboxylic acids is 1. The molecule has 6 nitrogen and oxygen atoms in total. The summed E-state index contributed by atoms with van der Waals surface area (Å²) in [6, 6.07) is 1.47. The zero-order valence-corrected chi connectivity index (χ0v) is 12.6. The van der Waals surface area contributed by atoms with E-state index in [1.807, 2.05) is 0 Å². The summed E-state index contributed by atoms with van der Waals surface area (Å²) in [5.41, 5.74) is 0. The van der Waals surface area contributed by atoms with Crippen molar-refractivity contribution in [3.63, 3.8) is 0 Å². The Kier molecular flexibility index (Phi) is 3.82. The number of hydrogen-bond acceptors (Lipinski definition) is 5. The van der Waals surface area contributed by atoms with E-state index in [0.29, 0.717) is 4.47 Å². The zero-order valence-electron chi connectivity index (χ0n) is 8.68. The fourth-order valence-corrected chi connectivity index (χ4v) is 3.41. The highest BCUT2D eigenvalue weighted by molar-refractivity contribution is 9.10. The lowest BCUT2D eigenvalue weighted by molar-refractivity contribution is -0.117. The third-order valence-electron chi connectivity index (χ3n) is 2.44. The molecule has 10 heteroatoms. The normalized spacial score (nSPS) is 20.5. The minimum Gasteiger partial charge on any atom is -0.293 e. The summed E-state index contributed by atoms with van der Waals surface area (Å²) < 4.78 is 22.9. The maximum absolute atomic E-state index is 11.8. The number of amides is 1. The second-order valence-electron chi connectivity index (χ2n) is 3.64. The second-order valence-corrected chi connectivity index (χ2v) is 7.79. The van der Waals surface area contributed by atoms with Crippen LogP contribution in [0.5, 0.6) is 0 Å². The van der Waals surface area contributed by atoms with Crippen molar-refractivity contribution in [2.75, 3.05) is 11.4 Å². The number of rotatable bonds is 2. The van der Waals surface area contributed by atoms with Gasteiger partial charge in [0, 0.05) is 23.6 Å². The second kappa shape index (κ2) is 4.92. The first-order valence-electron chi connectivity index (χ1n) is 4.71. The van der Waals surface area contributed by atoms with Crippen LogP contribution in [0.25, 0.3) is 0 Å². The van der Waals surface area contributed by atoms with E-state index in [1.54, 1.807) is 0 Å². The number of hydrogen-bond donors (Lipinski definition) is 0. The van der Waals surface area contributed by atoms with Crippen LogP contribution in [-0.2, 0) is 13.8 Å². The Bertz CT molecular complexity index is 610. The van der Waals surface area contributed by atoms with Crippen molar-refractivity contribution in [3.05, 3.63) is 15.7 Å². The van der Waals surface area contributed by atoms with Crippen LogP contribution in [0.3, 0.4) is 0 Å². The van der Waals surface area contributed by atoms with Crippen molar-refractivity contribution >= 4 is 59.0 Å². The van der Waals surface area contributed by atoms with Gasteiger partial charge in [0.15, 0.2) is 11.0 Å². The van der Waals surface area contributed by atoms with Crippen LogP contribution >= 0.6 is 38.2 Å². The van der Waals surface area contributed by atoms with Crippen LogP contribution in [0.1, 0.15) is 6.42 Å². The molecule has 1 aliphatic heterocycles. The molecule has 18 heavy (non-hydrogen) atoms. The Labute approximate surface area is 121 Å². The van der Waals surface area contributed by atoms with Gasteiger partial charge in [-0.05, 0) is 22.0 Å². The molecule has 1 aromatic heterocycles. The van der Waals surface area contributed by atoms with Gasteiger partial charge in [-0.15, -0.1) is 10.2 Å². The van der Waals surface area contributed by atoms with Gasteiger partial charge in [0.05, 0.1) is 4.47 Å². The molecule has 98 valence electrons. The largest absolute Gasteiger partial charge is 0.293 e. The molecule has 1 atom stereocenters. The van der Waals surface area contributed by atoms with Gasteiger partial charge in [-0.25, -0.2) is 8.42 Å². The topological polar surface area (TPSA) is 80.2 Å². The Balaban J connectivity index is 2.33. The molecule has 2 heterocycles. The van der Waals surface area contributed by atoms with Crippen molar-refractivity contribution in [1.29, 1.82) is 0 Å². The molecule has 0 radical (unpaired) electrons. The smallest absolute Gasteiger partial charge is 0.237 e. The van der Waals surface area contributed by atoms with Crippen molar-refractivity contribution in [1.82, 2.24) is 10.2 Å². The van der Waals surface area contributed by atoms with Gasteiger partial charge in [-0.1, -0.05) is 11.6 Å². The summed E-state index contributed by atoms with van der Waals surface area (Å²) in [7, 11) is 1.47. The molecule has 0 saturated carbocycles. The maximum atomic E-state index is 11.8. The number of aromatic nitrogens is 2. The van der Waals surface area contributed by atoms with Gasteiger partial charge < -0.3 is 0 Å². The van der Waals surface area contributed by atoms with Crippen LogP contribution in [0, 0.1) is 0 Å². The lowest BCUT2D eigenvalue weighted by Crippen LogP contribution is -2.28. The molecule has 2 rings (SSSR count). The molecule has 1 amide bonds. The predicted molar refractivity (Wildman–Crippen MR) is 70.3 cm³/mol. The summed E-state index contributed by atoms with van der Waals surface area (Å²) in [6.07, 6.45) is -0.164. The summed E-state index contributed by atoms with van der Waals surface area (Å²) in [6.45, 7) is -0.0421. The summed E-state index contributed by atoms with van der Waals surface area (Å²) in [4.78, 5) is 13.0. The van der Waals surface area contributed by atoms with E-state index in [1.165, 1.54) is 11.0 Å². The molecule has 0 spiro atoms. The van der Waals surface area contributed by atoms with E-state index in [2.05, 4.69) is 26.1 Å². The monoisotopic (exact) mass is 373 g/mol. The SMILES string of the molecule is O=C1CC(S(=O)(=O)Cl)CN1c1nnc(Cl)cc1Br. The van der Waals surface area contributed by atoms with Gasteiger partial charge in [-0.3, -0.25) is 9.69 Å². The average Bonchev–Trinajstić information content (AvgIpc) is 2.60. The first-order valence-corrected chi connectivity index (χ1v) is 8.26. The zero-order chi connectivity index (χ0) is 13.5. The molecule has 0 aromatic carbocycles. The first kappa shape index (κ1) is 14.0. The lowest BCUT2D eigenvalue weighted by Gasteiger charge is -2.15. The van der Waals surface area contributed by atoms with E-state index < -0.39 is 14.3 Å². The summed E-state index contributed by atoms with van der Waals surface area (Å²) >= 11 is 8.83. The van der Waals surface area contributed by atoms with Gasteiger partial charge in [0.25, 0.3) is 0 Å². The predicted octanol–water partition coefficient (Wildman–Crippen LogP) is 1.57. The van der Waals surface area contributed by atoms with Crippen molar-refractivity contribution in [2.45, 2.75) is 11.7 Å². The van der Waals surface area contributed by atoms with Crippen molar-refractivity contribution in [2.24, 2.45) is 0 Å². The Hall–Kier alpha value is -0.440. The van der Waals surface area contributed by atoms with Gasteiger partial charge in [-0.2, -0.15) is 0 Å². The molecule has 1 unspecified atom stereocenters. The first-order chi connectivity index (χ1) is 8.29. The fourth-order valence-electron chi connectivity index (χ4n) is 1.59. The van der Waals surface area contributed by atoms with Crippen LogP contribution in [0.4, 0.5) is 5.82 Å². The van der Waals surface area contributed by atoms with Crippen LogP contribution in [-0.4, -0.2) is 36.3 Å². The minimum absolute atomic E-state index is 0.0421. The number of nitrogens with zero attached hydrogens (tertiary/aromatic N) is 3. The number of halogens is 3. The molecular formula is C8H6BrCl2N3O3S. The molecule has 1 fully saturated rings. The van der Waals surface area contributed by atoms with Crippen LogP contribution in [0.2, 0.25) is 5.15 Å². The van der Waals surface area contributed by atoms with Gasteiger partial charge in [0.1, 0.15) is 5.25 Å². The highest BCUT2D eigenvalue weighted by Gasteiger charge is 2.39. The number of carbonyl (C=O) groups is 1. The molecule has 0 bridgehead atoms. The van der Waals surface area contributed by atoms with Crippen molar-refractivity contribution < 1.29 is 13.2 Å². The van der Waals surface area contributed by atoms with Crippen molar-refractivity contribution in [3.8, 4) is 0 Å². The summed E-state index contributed by atoms with van der Waals surface area (Å²) in [5.74, 6) is -0.145. The molecule has 0 aliphatic carbocycles. The van der Waals surface area contributed by atoms with Gasteiger partial charge in [0.2, 0.25) is 15.0 Å². The van der Waals surface area contributed by atoms with Gasteiger partial charge >= 0.3 is 0 Å². The number of anilines is 1. The summed E-state index contributed by atoms with van der Waals surface area (Å²) in [5, 5.41) is 6.61. The van der Waals surface area contributed by atoms with E-state index in [9.17, 15) is 13.2 Å². The minimum atomic E-state index is -3.78. The Morgan fingerprint density at radius 3 is 2.61 bits per heavy atom. The average molecular weight is 375 g/mol. The van der Waals surface area contributed by atoms with E-state index in [4.69, 9.17) is 22.3 Å². The third kappa shape index (κ3) is 2.76. The van der Waals surface area contributed by atoms with Crippen LogP contribution in [0.15, 0.2) is 10.5 Å². The Morgan fingerprint density at radius 2 is 2.11 bits per heavy atom. The van der Waals surface area contributed by atoms with E-state index in [-0.39, 0.29) is 29.8 Å². The standard InChI is InChI=1S/C8H6BrCl2N3O3S/c9-5-2-6(10)12-13-8(5)14-3-4(1-7(14)15)18(11,16)17/h2,4H,1,3H2. The lowest BCUT2D eigenvalue weighted by atomic mass is 10.4. The Morgan fingerprint density at radius 1 is 1.44 bits per heavy atom.